The molecule has 0 unspecified atom stereocenters. The van der Waals surface area contributed by atoms with Crippen LogP contribution in [0.1, 0.15) is 12.0 Å². The van der Waals surface area contributed by atoms with Gasteiger partial charge in [0, 0.05) is 29.4 Å². The van der Waals surface area contributed by atoms with Gasteiger partial charge >= 0.3 is 0 Å². The SMILES string of the molecule is COc1ccc(Cl)cc1CNC(=O)CCCl. The Morgan fingerprint density at radius 2 is 2.25 bits per heavy atom. The number of carbonyl (C=O) groups excluding carboxylic acids is 1. The maximum Gasteiger partial charge on any atom is 0.221 e. The highest BCUT2D eigenvalue weighted by Gasteiger charge is 2.05. The minimum atomic E-state index is -0.0861. The van der Waals surface area contributed by atoms with Gasteiger partial charge in [-0.15, -0.1) is 11.6 Å². The molecule has 0 saturated heterocycles. The summed E-state index contributed by atoms with van der Waals surface area (Å²) in [6.07, 6.45) is 0.310. The minimum absolute atomic E-state index is 0.0861. The number of carbonyl (C=O) groups is 1. The predicted molar refractivity (Wildman–Crippen MR) is 65.2 cm³/mol. The zero-order valence-electron chi connectivity index (χ0n) is 8.93. The van der Waals surface area contributed by atoms with Crippen molar-refractivity contribution in [3.8, 4) is 5.75 Å². The second-order valence-corrected chi connectivity index (χ2v) is 3.99. The van der Waals surface area contributed by atoms with Crippen molar-refractivity contribution in [1.29, 1.82) is 0 Å². The summed E-state index contributed by atoms with van der Waals surface area (Å²) in [6.45, 7) is 0.388. The van der Waals surface area contributed by atoms with Gasteiger partial charge in [-0.3, -0.25) is 4.79 Å². The first kappa shape index (κ1) is 13.1. The van der Waals surface area contributed by atoms with Crippen LogP contribution in [0.25, 0.3) is 0 Å². The van der Waals surface area contributed by atoms with Gasteiger partial charge in [0.15, 0.2) is 0 Å². The van der Waals surface area contributed by atoms with Crippen LogP contribution in [0, 0.1) is 0 Å². The largest absolute Gasteiger partial charge is 0.496 e. The molecule has 0 atom stereocenters. The van der Waals surface area contributed by atoms with Crippen LogP contribution >= 0.6 is 23.2 Å². The third-order valence-electron chi connectivity index (χ3n) is 2.04. The number of methoxy groups -OCH3 is 1. The van der Waals surface area contributed by atoms with Crippen molar-refractivity contribution in [2.75, 3.05) is 13.0 Å². The van der Waals surface area contributed by atoms with Crippen molar-refractivity contribution >= 4 is 29.1 Å². The van der Waals surface area contributed by atoms with Gasteiger partial charge in [-0.2, -0.15) is 0 Å². The first-order valence-corrected chi connectivity index (χ1v) is 5.73. The van der Waals surface area contributed by atoms with Gasteiger partial charge in [0.05, 0.1) is 7.11 Å². The zero-order chi connectivity index (χ0) is 12.0. The van der Waals surface area contributed by atoms with Crippen molar-refractivity contribution in [2.24, 2.45) is 0 Å². The standard InChI is InChI=1S/C11H13Cl2NO2/c1-16-10-3-2-9(13)6-8(10)7-14-11(15)4-5-12/h2-3,6H,4-5,7H2,1H3,(H,14,15). The molecular weight excluding hydrogens is 249 g/mol. The average molecular weight is 262 g/mol. The lowest BCUT2D eigenvalue weighted by molar-refractivity contribution is -0.120. The topological polar surface area (TPSA) is 38.3 Å². The molecule has 0 bridgehead atoms. The lowest BCUT2D eigenvalue weighted by Crippen LogP contribution is -2.23. The molecule has 0 fully saturated rings. The van der Waals surface area contributed by atoms with Crippen LogP contribution in [0.15, 0.2) is 18.2 Å². The van der Waals surface area contributed by atoms with E-state index in [-0.39, 0.29) is 5.91 Å². The molecule has 16 heavy (non-hydrogen) atoms. The molecule has 1 aromatic rings. The van der Waals surface area contributed by atoms with Gasteiger partial charge in [-0.25, -0.2) is 0 Å². The second-order valence-electron chi connectivity index (χ2n) is 3.17. The van der Waals surface area contributed by atoms with Crippen LogP contribution in [0.4, 0.5) is 0 Å². The molecule has 0 aliphatic carbocycles. The van der Waals surface area contributed by atoms with E-state index >= 15 is 0 Å². The molecule has 1 rings (SSSR count). The zero-order valence-corrected chi connectivity index (χ0v) is 10.4. The highest BCUT2D eigenvalue weighted by molar-refractivity contribution is 6.30. The maximum atomic E-state index is 11.2. The summed E-state index contributed by atoms with van der Waals surface area (Å²) < 4.78 is 5.16. The summed E-state index contributed by atoms with van der Waals surface area (Å²) in [4.78, 5) is 11.2. The Balaban J connectivity index is 2.65. The van der Waals surface area contributed by atoms with Crippen molar-refractivity contribution < 1.29 is 9.53 Å². The summed E-state index contributed by atoms with van der Waals surface area (Å²) in [5, 5.41) is 3.35. The third kappa shape index (κ3) is 3.91. The van der Waals surface area contributed by atoms with Crippen LogP contribution < -0.4 is 10.1 Å². The van der Waals surface area contributed by atoms with Crippen LogP contribution in [-0.4, -0.2) is 18.9 Å². The van der Waals surface area contributed by atoms with E-state index in [1.807, 2.05) is 0 Å². The number of amides is 1. The van der Waals surface area contributed by atoms with Crippen molar-refractivity contribution in [2.45, 2.75) is 13.0 Å². The number of rotatable bonds is 5. The molecule has 88 valence electrons. The number of ether oxygens (including phenoxy) is 1. The van der Waals surface area contributed by atoms with E-state index in [1.54, 1.807) is 25.3 Å². The van der Waals surface area contributed by atoms with Crippen molar-refractivity contribution in [3.63, 3.8) is 0 Å². The van der Waals surface area contributed by atoms with E-state index in [0.29, 0.717) is 29.6 Å². The van der Waals surface area contributed by atoms with E-state index < -0.39 is 0 Å². The fourth-order valence-corrected chi connectivity index (χ4v) is 1.62. The van der Waals surface area contributed by atoms with Gasteiger partial charge in [0.1, 0.15) is 5.75 Å². The monoisotopic (exact) mass is 261 g/mol. The molecular formula is C11H13Cl2NO2. The number of halogens is 2. The molecule has 0 heterocycles. The molecule has 0 aromatic heterocycles. The Morgan fingerprint density at radius 3 is 2.88 bits per heavy atom. The molecule has 1 aromatic carbocycles. The average Bonchev–Trinajstić information content (AvgIpc) is 2.27. The van der Waals surface area contributed by atoms with Crippen LogP contribution in [-0.2, 0) is 11.3 Å². The van der Waals surface area contributed by atoms with E-state index in [9.17, 15) is 4.79 Å². The van der Waals surface area contributed by atoms with E-state index in [0.717, 1.165) is 5.56 Å². The van der Waals surface area contributed by atoms with Gasteiger partial charge < -0.3 is 10.1 Å². The summed E-state index contributed by atoms with van der Waals surface area (Å²) in [5.41, 5.74) is 0.845. The second kappa shape index (κ2) is 6.61. The fraction of sp³-hybridized carbons (Fsp3) is 0.364. The van der Waals surface area contributed by atoms with E-state index in [4.69, 9.17) is 27.9 Å². The molecule has 5 heteroatoms. The summed E-state index contributed by atoms with van der Waals surface area (Å²) in [5.74, 6) is 0.936. The van der Waals surface area contributed by atoms with Gasteiger partial charge in [0.2, 0.25) is 5.91 Å². The number of hydrogen-bond acceptors (Lipinski definition) is 2. The van der Waals surface area contributed by atoms with E-state index in [1.165, 1.54) is 0 Å². The highest BCUT2D eigenvalue weighted by atomic mass is 35.5. The smallest absolute Gasteiger partial charge is 0.221 e. The molecule has 1 N–H and O–H groups in total. The molecule has 0 spiro atoms. The Kier molecular flexibility index (Phi) is 5.43. The Hall–Kier alpha value is -0.930. The van der Waals surface area contributed by atoms with Crippen LogP contribution in [0.3, 0.4) is 0 Å². The molecule has 0 radical (unpaired) electrons. The molecule has 3 nitrogen and oxygen atoms in total. The predicted octanol–water partition coefficient (Wildman–Crippen LogP) is 2.59. The first-order chi connectivity index (χ1) is 7.67. The molecule has 0 aliphatic rings. The van der Waals surface area contributed by atoms with Gasteiger partial charge in [-0.05, 0) is 18.2 Å². The molecule has 0 aliphatic heterocycles. The number of hydrogen-bond donors (Lipinski definition) is 1. The molecule has 1 amide bonds. The molecule has 0 saturated carbocycles. The fourth-order valence-electron chi connectivity index (χ4n) is 1.25. The van der Waals surface area contributed by atoms with Crippen LogP contribution in [0.5, 0.6) is 5.75 Å². The Labute approximate surface area is 105 Å². The Morgan fingerprint density at radius 1 is 1.50 bits per heavy atom. The lowest BCUT2D eigenvalue weighted by Gasteiger charge is -2.09. The third-order valence-corrected chi connectivity index (χ3v) is 2.46. The van der Waals surface area contributed by atoms with Gasteiger partial charge in [0.25, 0.3) is 0 Å². The number of alkyl halides is 1. The number of nitrogens with one attached hydrogen (secondary N) is 1. The van der Waals surface area contributed by atoms with Crippen molar-refractivity contribution in [1.82, 2.24) is 5.32 Å². The minimum Gasteiger partial charge on any atom is -0.496 e. The van der Waals surface area contributed by atoms with E-state index in [2.05, 4.69) is 5.32 Å². The summed E-state index contributed by atoms with van der Waals surface area (Å²) >= 11 is 11.3. The first-order valence-electron chi connectivity index (χ1n) is 4.82. The normalized spacial score (nSPS) is 9.94. The van der Waals surface area contributed by atoms with Gasteiger partial charge in [-0.1, -0.05) is 11.6 Å². The highest BCUT2D eigenvalue weighted by Crippen LogP contribution is 2.22. The number of benzene rings is 1. The van der Waals surface area contributed by atoms with Crippen LogP contribution in [0.2, 0.25) is 5.02 Å². The lowest BCUT2D eigenvalue weighted by atomic mass is 10.2. The van der Waals surface area contributed by atoms with Crippen molar-refractivity contribution in [3.05, 3.63) is 28.8 Å². The Bertz CT molecular complexity index is 369. The summed E-state index contributed by atoms with van der Waals surface area (Å²) in [7, 11) is 1.58. The maximum absolute atomic E-state index is 11.2. The summed E-state index contributed by atoms with van der Waals surface area (Å²) in [6, 6.07) is 5.28. The quantitative estimate of drug-likeness (QED) is 0.828.